The fraction of sp³-hybridized carbons (Fsp3) is 0.533. The maximum atomic E-state index is 11.0. The SMILES string of the molecule is C[C@H](N[C@@H](CC(=O)O)C[N+](C)(C)C)c1ccccc1. The molecule has 0 heterocycles. The van der Waals surface area contributed by atoms with E-state index in [1.54, 1.807) is 0 Å². The smallest absolute Gasteiger partial charge is 0.305 e. The van der Waals surface area contributed by atoms with Gasteiger partial charge in [0.1, 0.15) is 0 Å². The number of carboxylic acids is 1. The van der Waals surface area contributed by atoms with Gasteiger partial charge < -0.3 is 14.9 Å². The summed E-state index contributed by atoms with van der Waals surface area (Å²) in [6.45, 7) is 2.85. The molecule has 0 aliphatic heterocycles. The normalized spacial score (nSPS) is 14.9. The molecule has 0 fully saturated rings. The van der Waals surface area contributed by atoms with E-state index in [2.05, 4.69) is 45.5 Å². The molecular weight excluding hydrogens is 240 g/mol. The van der Waals surface area contributed by atoms with Crippen molar-refractivity contribution in [3.05, 3.63) is 35.9 Å². The van der Waals surface area contributed by atoms with Crippen LogP contribution in [-0.2, 0) is 4.79 Å². The number of quaternary nitrogens is 1. The van der Waals surface area contributed by atoms with Crippen LogP contribution in [0.3, 0.4) is 0 Å². The summed E-state index contributed by atoms with van der Waals surface area (Å²) in [5, 5.41) is 12.4. The number of nitrogens with one attached hydrogen (secondary N) is 1. The third-order valence-electron chi connectivity index (χ3n) is 2.97. The minimum absolute atomic E-state index is 0.0345. The lowest BCUT2D eigenvalue weighted by atomic mass is 10.1. The third kappa shape index (κ3) is 6.36. The highest BCUT2D eigenvalue weighted by molar-refractivity contribution is 5.67. The molecule has 0 saturated carbocycles. The fourth-order valence-corrected chi connectivity index (χ4v) is 2.24. The highest BCUT2D eigenvalue weighted by atomic mass is 16.4. The van der Waals surface area contributed by atoms with E-state index in [1.807, 2.05) is 18.2 Å². The van der Waals surface area contributed by atoms with Crippen LogP contribution in [0.25, 0.3) is 0 Å². The van der Waals surface area contributed by atoms with E-state index < -0.39 is 5.97 Å². The van der Waals surface area contributed by atoms with Gasteiger partial charge in [0.25, 0.3) is 0 Å². The average molecular weight is 265 g/mol. The first-order valence-electron chi connectivity index (χ1n) is 6.61. The van der Waals surface area contributed by atoms with Gasteiger partial charge in [-0.2, -0.15) is 0 Å². The second-order valence-corrected chi connectivity index (χ2v) is 6.07. The van der Waals surface area contributed by atoms with E-state index >= 15 is 0 Å². The Bertz CT molecular complexity index is 398. The standard InChI is InChI=1S/C15H24N2O2/c1-12(13-8-6-5-7-9-13)16-14(10-15(18)19)11-17(2,3)4/h5-9,12,14,16H,10-11H2,1-4H3/p+1/t12-,14-/m0/s1. The molecule has 0 saturated heterocycles. The largest absolute Gasteiger partial charge is 0.481 e. The van der Waals surface area contributed by atoms with E-state index in [-0.39, 0.29) is 18.5 Å². The summed E-state index contributed by atoms with van der Waals surface area (Å²) < 4.78 is 0.743. The Kier molecular flexibility index (Phi) is 5.51. The summed E-state index contributed by atoms with van der Waals surface area (Å²) in [5.74, 6) is -0.758. The van der Waals surface area contributed by atoms with Gasteiger partial charge in [0.05, 0.1) is 40.2 Å². The number of likely N-dealkylation sites (N-methyl/N-ethyl adjacent to an activating group) is 1. The van der Waals surface area contributed by atoms with E-state index in [4.69, 9.17) is 5.11 Å². The van der Waals surface area contributed by atoms with Gasteiger partial charge in [0.15, 0.2) is 0 Å². The van der Waals surface area contributed by atoms with Crippen molar-refractivity contribution in [2.75, 3.05) is 27.7 Å². The maximum Gasteiger partial charge on any atom is 0.305 e. The van der Waals surface area contributed by atoms with Gasteiger partial charge in [-0.25, -0.2) is 0 Å². The van der Waals surface area contributed by atoms with Crippen molar-refractivity contribution in [2.45, 2.75) is 25.4 Å². The number of rotatable bonds is 7. The Morgan fingerprint density at radius 1 is 1.26 bits per heavy atom. The van der Waals surface area contributed by atoms with Crippen LogP contribution in [0.4, 0.5) is 0 Å². The van der Waals surface area contributed by atoms with E-state index in [1.165, 1.54) is 5.56 Å². The Hall–Kier alpha value is -1.39. The van der Waals surface area contributed by atoms with Crippen LogP contribution in [-0.4, -0.2) is 49.3 Å². The zero-order valence-corrected chi connectivity index (χ0v) is 12.3. The second-order valence-electron chi connectivity index (χ2n) is 6.07. The number of hydrogen-bond acceptors (Lipinski definition) is 2. The molecule has 0 aromatic heterocycles. The highest BCUT2D eigenvalue weighted by Gasteiger charge is 2.22. The first-order valence-corrected chi connectivity index (χ1v) is 6.61. The number of carbonyl (C=O) groups is 1. The van der Waals surface area contributed by atoms with Gasteiger partial charge in [-0.15, -0.1) is 0 Å². The Morgan fingerprint density at radius 2 is 1.84 bits per heavy atom. The molecule has 2 atom stereocenters. The van der Waals surface area contributed by atoms with Gasteiger partial charge in [0, 0.05) is 6.04 Å². The first-order chi connectivity index (χ1) is 8.78. The summed E-state index contributed by atoms with van der Waals surface area (Å²) in [6.07, 6.45) is 0.146. The maximum absolute atomic E-state index is 11.0. The molecule has 0 spiro atoms. The lowest BCUT2D eigenvalue weighted by molar-refractivity contribution is -0.871. The van der Waals surface area contributed by atoms with Gasteiger partial charge in [0.2, 0.25) is 0 Å². The minimum Gasteiger partial charge on any atom is -0.481 e. The van der Waals surface area contributed by atoms with Crippen LogP contribution in [0.15, 0.2) is 30.3 Å². The predicted molar refractivity (Wildman–Crippen MR) is 76.9 cm³/mol. The molecule has 0 amide bonds. The molecule has 1 aromatic rings. The molecule has 106 valence electrons. The summed E-state index contributed by atoms with van der Waals surface area (Å²) in [6, 6.07) is 10.2. The van der Waals surface area contributed by atoms with E-state index in [0.29, 0.717) is 0 Å². The predicted octanol–water partition coefficient (Wildman–Crippen LogP) is 1.89. The van der Waals surface area contributed by atoms with Gasteiger partial charge in [-0.1, -0.05) is 30.3 Å². The molecule has 2 N–H and O–H groups in total. The zero-order valence-electron chi connectivity index (χ0n) is 12.3. The molecule has 4 heteroatoms. The Balaban J connectivity index is 2.68. The molecule has 0 unspecified atom stereocenters. The summed E-state index contributed by atoms with van der Waals surface area (Å²) in [7, 11) is 6.22. The molecule has 0 radical (unpaired) electrons. The lowest BCUT2D eigenvalue weighted by Gasteiger charge is -2.31. The molecule has 0 bridgehead atoms. The molecule has 0 aliphatic carbocycles. The van der Waals surface area contributed by atoms with Gasteiger partial charge >= 0.3 is 5.97 Å². The van der Waals surface area contributed by atoms with Crippen LogP contribution >= 0.6 is 0 Å². The summed E-state index contributed by atoms with van der Waals surface area (Å²) in [4.78, 5) is 11.0. The topological polar surface area (TPSA) is 49.3 Å². The number of nitrogens with zero attached hydrogens (tertiary/aromatic N) is 1. The summed E-state index contributed by atoms with van der Waals surface area (Å²) in [5.41, 5.74) is 1.18. The Labute approximate surface area is 115 Å². The molecule has 4 nitrogen and oxygen atoms in total. The fourth-order valence-electron chi connectivity index (χ4n) is 2.24. The minimum atomic E-state index is -0.758. The van der Waals surface area contributed by atoms with E-state index in [9.17, 15) is 4.79 Å². The Morgan fingerprint density at radius 3 is 2.32 bits per heavy atom. The third-order valence-corrected chi connectivity index (χ3v) is 2.97. The molecule has 1 aromatic carbocycles. The van der Waals surface area contributed by atoms with Crippen molar-refractivity contribution in [1.29, 1.82) is 0 Å². The molecular formula is C15H25N2O2+. The van der Waals surface area contributed by atoms with Crippen molar-refractivity contribution in [3.63, 3.8) is 0 Å². The van der Waals surface area contributed by atoms with Crippen LogP contribution in [0.2, 0.25) is 0 Å². The molecule has 0 aliphatic rings. The van der Waals surface area contributed by atoms with Crippen molar-refractivity contribution >= 4 is 5.97 Å². The quantitative estimate of drug-likeness (QED) is 0.740. The highest BCUT2D eigenvalue weighted by Crippen LogP contribution is 2.13. The van der Waals surface area contributed by atoms with Crippen LogP contribution in [0.5, 0.6) is 0 Å². The second kappa shape index (κ2) is 6.68. The molecule has 1 rings (SSSR count). The molecule has 19 heavy (non-hydrogen) atoms. The summed E-state index contributed by atoms with van der Waals surface area (Å²) >= 11 is 0. The van der Waals surface area contributed by atoms with Crippen LogP contribution in [0.1, 0.15) is 24.9 Å². The van der Waals surface area contributed by atoms with Crippen molar-refractivity contribution in [3.8, 4) is 0 Å². The number of aliphatic carboxylic acids is 1. The van der Waals surface area contributed by atoms with Crippen LogP contribution < -0.4 is 5.32 Å². The average Bonchev–Trinajstić information content (AvgIpc) is 2.26. The monoisotopic (exact) mass is 265 g/mol. The van der Waals surface area contributed by atoms with Crippen molar-refractivity contribution < 1.29 is 14.4 Å². The van der Waals surface area contributed by atoms with E-state index in [0.717, 1.165) is 11.0 Å². The zero-order chi connectivity index (χ0) is 14.5. The van der Waals surface area contributed by atoms with Crippen molar-refractivity contribution in [2.24, 2.45) is 0 Å². The van der Waals surface area contributed by atoms with Crippen molar-refractivity contribution in [1.82, 2.24) is 5.32 Å². The lowest BCUT2D eigenvalue weighted by Crippen LogP contribution is -2.48. The number of benzene rings is 1. The van der Waals surface area contributed by atoms with Gasteiger partial charge in [-0.3, -0.25) is 4.79 Å². The van der Waals surface area contributed by atoms with Gasteiger partial charge in [-0.05, 0) is 12.5 Å². The number of carboxylic acid groups (broad SMARTS) is 1. The number of hydrogen-bond donors (Lipinski definition) is 2. The first kappa shape index (κ1) is 15.7. The van der Waals surface area contributed by atoms with Crippen LogP contribution in [0, 0.1) is 0 Å².